The summed E-state index contributed by atoms with van der Waals surface area (Å²) in [7, 11) is 1.34. The van der Waals surface area contributed by atoms with E-state index in [0.717, 1.165) is 23.8 Å². The number of carbonyl (C=O) groups excluding carboxylic acids is 2. The first-order valence-electron chi connectivity index (χ1n) is 7.21. The van der Waals surface area contributed by atoms with Gasteiger partial charge in [0, 0.05) is 13.1 Å². The van der Waals surface area contributed by atoms with Crippen LogP contribution in [-0.2, 0) is 14.3 Å². The average molecular weight is 332 g/mol. The number of carbonyl (C=O) groups is 2. The molecule has 1 saturated heterocycles. The predicted octanol–water partition coefficient (Wildman–Crippen LogP) is 1.78. The topological polar surface area (TPSA) is 68.2 Å². The fourth-order valence-corrected chi connectivity index (χ4v) is 3.24. The van der Waals surface area contributed by atoms with E-state index in [0.29, 0.717) is 23.7 Å². The highest BCUT2D eigenvalue weighted by Crippen LogP contribution is 2.30. The number of aliphatic imine (C=N–C) groups is 1. The van der Waals surface area contributed by atoms with Crippen molar-refractivity contribution in [1.29, 1.82) is 0 Å². The molecule has 7 heteroatoms. The molecule has 0 spiro atoms. The molecule has 0 radical (unpaired) electrons. The largest absolute Gasteiger partial charge is 0.465 e. The van der Waals surface area contributed by atoms with Crippen LogP contribution in [0, 0.1) is 0 Å². The quantitative estimate of drug-likeness (QED) is 0.607. The van der Waals surface area contributed by atoms with Gasteiger partial charge in [-0.2, -0.15) is 4.99 Å². The lowest BCUT2D eigenvalue weighted by atomic mass is 10.1. The van der Waals surface area contributed by atoms with Crippen LogP contribution in [0.1, 0.15) is 15.9 Å². The van der Waals surface area contributed by atoms with Gasteiger partial charge in [-0.15, -0.1) is 0 Å². The van der Waals surface area contributed by atoms with E-state index in [-0.39, 0.29) is 11.9 Å². The Morgan fingerprint density at radius 2 is 2.00 bits per heavy atom. The Bertz CT molecular complexity index is 676. The molecule has 0 atom stereocenters. The molecule has 2 aliphatic rings. The first-order valence-corrected chi connectivity index (χ1v) is 8.02. The van der Waals surface area contributed by atoms with E-state index in [4.69, 9.17) is 4.74 Å². The number of amidine groups is 1. The van der Waals surface area contributed by atoms with Crippen LogP contribution in [-0.4, -0.2) is 55.4 Å². The van der Waals surface area contributed by atoms with Gasteiger partial charge in [0.2, 0.25) is 0 Å². The number of nitrogens with zero attached hydrogens (tertiary/aromatic N) is 2. The number of benzene rings is 1. The molecular formula is C16H16N2O4S. The van der Waals surface area contributed by atoms with E-state index < -0.39 is 0 Å². The van der Waals surface area contributed by atoms with Crippen LogP contribution in [0.15, 0.2) is 34.2 Å². The van der Waals surface area contributed by atoms with E-state index in [1.165, 1.54) is 18.9 Å². The number of methoxy groups -OCH3 is 1. The van der Waals surface area contributed by atoms with Crippen molar-refractivity contribution in [2.45, 2.75) is 0 Å². The van der Waals surface area contributed by atoms with Crippen molar-refractivity contribution in [3.8, 4) is 0 Å². The Hall–Kier alpha value is -2.12. The standard InChI is InChI=1S/C16H16N2O4S/c1-21-15(20)12-4-2-11(3-5-12)10-13-14(19)17-16(23-13)18-6-8-22-9-7-18/h2-5,10H,6-9H2,1H3/b13-10-. The molecular weight excluding hydrogens is 316 g/mol. The number of hydrogen-bond acceptors (Lipinski definition) is 6. The summed E-state index contributed by atoms with van der Waals surface area (Å²) in [5.74, 6) is -0.609. The third-order valence-electron chi connectivity index (χ3n) is 3.52. The maximum Gasteiger partial charge on any atom is 0.337 e. The fourth-order valence-electron chi connectivity index (χ4n) is 2.27. The Kier molecular flexibility index (Phi) is 4.78. The van der Waals surface area contributed by atoms with Crippen LogP contribution in [0.4, 0.5) is 0 Å². The Morgan fingerprint density at radius 1 is 1.30 bits per heavy atom. The number of hydrogen-bond donors (Lipinski definition) is 0. The molecule has 0 saturated carbocycles. The number of amides is 1. The highest BCUT2D eigenvalue weighted by atomic mass is 32.2. The van der Waals surface area contributed by atoms with Crippen molar-refractivity contribution in [2.75, 3.05) is 33.4 Å². The van der Waals surface area contributed by atoms with Gasteiger partial charge in [0.1, 0.15) is 0 Å². The van der Waals surface area contributed by atoms with Gasteiger partial charge in [0.25, 0.3) is 5.91 Å². The van der Waals surface area contributed by atoms with Crippen molar-refractivity contribution in [1.82, 2.24) is 4.90 Å². The van der Waals surface area contributed by atoms with Crippen LogP contribution in [0.3, 0.4) is 0 Å². The van der Waals surface area contributed by atoms with Crippen molar-refractivity contribution in [2.24, 2.45) is 4.99 Å². The molecule has 23 heavy (non-hydrogen) atoms. The minimum Gasteiger partial charge on any atom is -0.465 e. The van der Waals surface area contributed by atoms with Gasteiger partial charge < -0.3 is 14.4 Å². The van der Waals surface area contributed by atoms with Crippen LogP contribution in [0.5, 0.6) is 0 Å². The summed E-state index contributed by atoms with van der Waals surface area (Å²) in [6, 6.07) is 6.90. The number of ether oxygens (including phenoxy) is 2. The first-order chi connectivity index (χ1) is 11.2. The van der Waals surface area contributed by atoms with E-state index in [9.17, 15) is 9.59 Å². The average Bonchev–Trinajstić information content (AvgIpc) is 2.96. The Labute approximate surface area is 138 Å². The Morgan fingerprint density at radius 3 is 2.65 bits per heavy atom. The van der Waals surface area contributed by atoms with Gasteiger partial charge in [-0.05, 0) is 35.5 Å². The SMILES string of the molecule is COC(=O)c1ccc(/C=C2\SC(N3CCOCC3)=NC2=O)cc1. The molecule has 1 amide bonds. The minimum atomic E-state index is -0.381. The summed E-state index contributed by atoms with van der Waals surface area (Å²) in [6.45, 7) is 2.81. The molecule has 1 fully saturated rings. The third-order valence-corrected chi connectivity index (χ3v) is 4.56. The lowest BCUT2D eigenvalue weighted by molar-refractivity contribution is -0.113. The second-order valence-corrected chi connectivity index (χ2v) is 6.03. The molecule has 0 bridgehead atoms. The second kappa shape index (κ2) is 6.97. The van der Waals surface area contributed by atoms with Crippen molar-refractivity contribution >= 4 is 34.9 Å². The normalized spacial score (nSPS) is 19.9. The number of rotatable bonds is 2. The molecule has 3 rings (SSSR count). The Balaban J connectivity index is 1.71. The van der Waals surface area contributed by atoms with Gasteiger partial charge in [-0.25, -0.2) is 4.79 Å². The zero-order chi connectivity index (χ0) is 16.2. The highest BCUT2D eigenvalue weighted by Gasteiger charge is 2.27. The predicted molar refractivity (Wildman–Crippen MR) is 88.2 cm³/mol. The smallest absolute Gasteiger partial charge is 0.337 e. The van der Waals surface area contributed by atoms with Crippen LogP contribution >= 0.6 is 11.8 Å². The summed E-state index contributed by atoms with van der Waals surface area (Å²) in [5.41, 5.74) is 1.32. The molecule has 0 aromatic heterocycles. The lowest BCUT2D eigenvalue weighted by Crippen LogP contribution is -2.38. The maximum absolute atomic E-state index is 12.0. The van der Waals surface area contributed by atoms with E-state index >= 15 is 0 Å². The molecule has 1 aromatic rings. The third kappa shape index (κ3) is 3.62. The molecule has 0 aliphatic carbocycles. The van der Waals surface area contributed by atoms with Gasteiger partial charge in [-0.3, -0.25) is 4.79 Å². The summed E-state index contributed by atoms with van der Waals surface area (Å²) >= 11 is 1.38. The van der Waals surface area contributed by atoms with Crippen molar-refractivity contribution < 1.29 is 19.1 Å². The molecule has 0 unspecified atom stereocenters. The van der Waals surface area contributed by atoms with E-state index in [1.54, 1.807) is 30.3 Å². The highest BCUT2D eigenvalue weighted by molar-refractivity contribution is 8.18. The van der Waals surface area contributed by atoms with Crippen LogP contribution < -0.4 is 0 Å². The first kappa shape index (κ1) is 15.8. The summed E-state index contributed by atoms with van der Waals surface area (Å²) in [4.78, 5) is 30.2. The zero-order valence-corrected chi connectivity index (χ0v) is 13.5. The lowest BCUT2D eigenvalue weighted by Gasteiger charge is -2.27. The van der Waals surface area contributed by atoms with E-state index in [1.807, 2.05) is 0 Å². The molecule has 6 nitrogen and oxygen atoms in total. The number of morpholine rings is 1. The van der Waals surface area contributed by atoms with Crippen LogP contribution in [0.25, 0.3) is 6.08 Å². The summed E-state index contributed by atoms with van der Waals surface area (Å²) < 4.78 is 9.97. The number of thioether (sulfide) groups is 1. The van der Waals surface area contributed by atoms with Crippen molar-refractivity contribution in [3.05, 3.63) is 40.3 Å². The molecule has 0 N–H and O–H groups in total. The molecule has 1 aromatic carbocycles. The zero-order valence-electron chi connectivity index (χ0n) is 12.7. The minimum absolute atomic E-state index is 0.228. The van der Waals surface area contributed by atoms with Crippen molar-refractivity contribution in [3.63, 3.8) is 0 Å². The molecule has 120 valence electrons. The summed E-state index contributed by atoms with van der Waals surface area (Å²) in [6.07, 6.45) is 1.78. The molecule has 2 heterocycles. The maximum atomic E-state index is 12.0. The van der Waals surface area contributed by atoms with Gasteiger partial charge in [0.15, 0.2) is 5.17 Å². The molecule has 2 aliphatic heterocycles. The van der Waals surface area contributed by atoms with E-state index in [2.05, 4.69) is 14.6 Å². The van der Waals surface area contributed by atoms with Gasteiger partial charge in [0.05, 0.1) is 30.8 Å². The second-order valence-electron chi connectivity index (χ2n) is 5.02. The summed E-state index contributed by atoms with van der Waals surface area (Å²) in [5, 5.41) is 0.732. The monoisotopic (exact) mass is 332 g/mol. The van der Waals surface area contributed by atoms with Crippen LogP contribution in [0.2, 0.25) is 0 Å². The van der Waals surface area contributed by atoms with Gasteiger partial charge in [-0.1, -0.05) is 12.1 Å². The fraction of sp³-hybridized carbons (Fsp3) is 0.312. The number of esters is 1. The van der Waals surface area contributed by atoms with Gasteiger partial charge >= 0.3 is 5.97 Å².